The first-order valence-corrected chi connectivity index (χ1v) is 7.09. The fraction of sp³-hybridized carbons (Fsp3) is 0.0714. The third kappa shape index (κ3) is 3.84. The molecule has 0 saturated heterocycles. The number of nitrogens with one attached hydrogen (secondary N) is 1. The molecule has 19 heavy (non-hydrogen) atoms. The van der Waals surface area contributed by atoms with E-state index >= 15 is 0 Å². The number of benzene rings is 2. The second-order valence-electron chi connectivity index (χ2n) is 4.04. The summed E-state index contributed by atoms with van der Waals surface area (Å²) in [6.07, 6.45) is 0. The van der Waals surface area contributed by atoms with Gasteiger partial charge in [-0.15, -0.1) is 0 Å². The number of carbonyl (C=O) groups is 1. The summed E-state index contributed by atoms with van der Waals surface area (Å²) in [4.78, 5) is 11.0. The lowest BCUT2D eigenvalue weighted by atomic mass is 10.1. The molecular formula is C14H12ClIN2O. The Morgan fingerprint density at radius 1 is 1.21 bits per heavy atom. The minimum Gasteiger partial charge on any atom is -0.380 e. The van der Waals surface area contributed by atoms with Crippen molar-refractivity contribution in [2.75, 3.05) is 5.32 Å². The smallest absolute Gasteiger partial charge is 0.248 e. The molecule has 0 aliphatic carbocycles. The highest BCUT2D eigenvalue weighted by Crippen LogP contribution is 2.22. The fourth-order valence-corrected chi connectivity index (χ4v) is 2.68. The van der Waals surface area contributed by atoms with Gasteiger partial charge in [-0.25, -0.2) is 0 Å². The van der Waals surface area contributed by atoms with Crippen LogP contribution in [0.15, 0.2) is 42.5 Å². The maximum absolute atomic E-state index is 11.0. The number of hydrogen-bond donors (Lipinski definition) is 2. The summed E-state index contributed by atoms with van der Waals surface area (Å²) in [6, 6.07) is 12.9. The molecule has 0 unspecified atom stereocenters. The summed E-state index contributed by atoms with van der Waals surface area (Å²) in [5, 5.41) is 4.05. The van der Waals surface area contributed by atoms with Gasteiger partial charge in [-0.2, -0.15) is 0 Å². The number of nitrogens with two attached hydrogens (primary N) is 1. The first-order chi connectivity index (χ1) is 9.06. The molecule has 98 valence electrons. The van der Waals surface area contributed by atoms with Crippen LogP contribution in [-0.2, 0) is 6.54 Å². The van der Waals surface area contributed by atoms with Crippen LogP contribution in [0.25, 0.3) is 0 Å². The first-order valence-electron chi connectivity index (χ1n) is 5.64. The normalized spacial score (nSPS) is 10.2. The van der Waals surface area contributed by atoms with Gasteiger partial charge in [0, 0.05) is 26.4 Å². The molecule has 1 amide bonds. The molecule has 2 aromatic carbocycles. The summed E-state index contributed by atoms with van der Waals surface area (Å²) < 4.78 is 1.07. The molecule has 0 radical (unpaired) electrons. The summed E-state index contributed by atoms with van der Waals surface area (Å²) in [6.45, 7) is 0.677. The van der Waals surface area contributed by atoms with Crippen LogP contribution in [0.4, 0.5) is 5.69 Å². The number of anilines is 1. The minimum atomic E-state index is -0.410. The van der Waals surface area contributed by atoms with Crippen molar-refractivity contribution in [1.82, 2.24) is 0 Å². The summed E-state index contributed by atoms with van der Waals surface area (Å²) >= 11 is 8.14. The molecule has 0 saturated carbocycles. The molecule has 0 spiro atoms. The van der Waals surface area contributed by atoms with Crippen LogP contribution in [-0.4, -0.2) is 5.91 Å². The predicted molar refractivity (Wildman–Crippen MR) is 86.5 cm³/mol. The standard InChI is InChI=1S/C14H12ClIN2O/c15-11-5-6-13(12(16)7-11)18-8-9-1-3-10(4-2-9)14(17)19/h1-7,18H,8H2,(H2,17,19). The number of halogens is 2. The van der Waals surface area contributed by atoms with Crippen molar-refractivity contribution in [3.63, 3.8) is 0 Å². The highest BCUT2D eigenvalue weighted by atomic mass is 127. The van der Waals surface area contributed by atoms with Gasteiger partial charge in [-0.3, -0.25) is 4.79 Å². The Kier molecular flexibility index (Phi) is 4.66. The van der Waals surface area contributed by atoms with Crippen LogP contribution in [0, 0.1) is 3.57 Å². The van der Waals surface area contributed by atoms with E-state index in [0.717, 1.165) is 19.8 Å². The summed E-state index contributed by atoms with van der Waals surface area (Å²) in [5.41, 5.74) is 7.82. The summed E-state index contributed by atoms with van der Waals surface area (Å²) in [5.74, 6) is -0.410. The first kappa shape index (κ1) is 14.1. The molecule has 0 atom stereocenters. The van der Waals surface area contributed by atoms with Crippen LogP contribution in [0.1, 0.15) is 15.9 Å². The number of rotatable bonds is 4. The van der Waals surface area contributed by atoms with Crippen molar-refractivity contribution in [3.8, 4) is 0 Å². The van der Waals surface area contributed by atoms with Gasteiger partial charge in [0.1, 0.15) is 0 Å². The minimum absolute atomic E-state index is 0.410. The molecule has 5 heteroatoms. The molecule has 2 rings (SSSR count). The number of amides is 1. The quantitative estimate of drug-likeness (QED) is 0.788. The van der Waals surface area contributed by atoms with Crippen molar-refractivity contribution in [3.05, 3.63) is 62.2 Å². The zero-order valence-electron chi connectivity index (χ0n) is 9.99. The van der Waals surface area contributed by atoms with Crippen molar-refractivity contribution in [2.45, 2.75) is 6.54 Å². The Labute approximate surface area is 130 Å². The fourth-order valence-electron chi connectivity index (χ4n) is 1.62. The van der Waals surface area contributed by atoms with Gasteiger partial charge in [0.25, 0.3) is 0 Å². The highest BCUT2D eigenvalue weighted by Gasteiger charge is 2.02. The molecule has 0 aliphatic heterocycles. The maximum Gasteiger partial charge on any atom is 0.248 e. The van der Waals surface area contributed by atoms with Gasteiger partial charge in [-0.1, -0.05) is 23.7 Å². The topological polar surface area (TPSA) is 55.1 Å². The third-order valence-electron chi connectivity index (χ3n) is 2.65. The molecule has 0 aromatic heterocycles. The third-order valence-corrected chi connectivity index (χ3v) is 3.78. The number of carbonyl (C=O) groups excluding carboxylic acids is 1. The Hall–Kier alpha value is -1.27. The van der Waals surface area contributed by atoms with E-state index in [1.54, 1.807) is 12.1 Å². The van der Waals surface area contributed by atoms with Gasteiger partial charge in [0.05, 0.1) is 0 Å². The van der Waals surface area contributed by atoms with E-state index in [1.807, 2.05) is 30.3 Å². The van der Waals surface area contributed by atoms with Crippen LogP contribution < -0.4 is 11.1 Å². The van der Waals surface area contributed by atoms with Crippen LogP contribution in [0.3, 0.4) is 0 Å². The van der Waals surface area contributed by atoms with Crippen molar-refractivity contribution in [2.24, 2.45) is 5.73 Å². The summed E-state index contributed by atoms with van der Waals surface area (Å²) in [7, 11) is 0. The molecular weight excluding hydrogens is 375 g/mol. The van der Waals surface area contributed by atoms with E-state index in [1.165, 1.54) is 0 Å². The van der Waals surface area contributed by atoms with Crippen LogP contribution >= 0.6 is 34.2 Å². The highest BCUT2D eigenvalue weighted by molar-refractivity contribution is 14.1. The van der Waals surface area contributed by atoms with E-state index in [0.29, 0.717) is 12.1 Å². The SMILES string of the molecule is NC(=O)c1ccc(CNc2ccc(Cl)cc2I)cc1. The van der Waals surface area contributed by atoms with Crippen molar-refractivity contribution < 1.29 is 4.79 Å². The van der Waals surface area contributed by atoms with Crippen molar-refractivity contribution >= 4 is 45.8 Å². The molecule has 3 nitrogen and oxygen atoms in total. The predicted octanol–water partition coefficient (Wildman–Crippen LogP) is 3.66. The van der Waals surface area contributed by atoms with Gasteiger partial charge in [0.2, 0.25) is 5.91 Å². The Morgan fingerprint density at radius 2 is 1.89 bits per heavy atom. The Balaban J connectivity index is 2.04. The van der Waals surface area contributed by atoms with E-state index in [4.69, 9.17) is 17.3 Å². The Bertz CT molecular complexity index is 599. The molecule has 0 bridgehead atoms. The molecule has 0 fully saturated rings. The maximum atomic E-state index is 11.0. The second-order valence-corrected chi connectivity index (χ2v) is 5.64. The van der Waals surface area contributed by atoms with Gasteiger partial charge >= 0.3 is 0 Å². The average molecular weight is 387 g/mol. The monoisotopic (exact) mass is 386 g/mol. The van der Waals surface area contributed by atoms with Crippen molar-refractivity contribution in [1.29, 1.82) is 0 Å². The number of hydrogen-bond acceptors (Lipinski definition) is 2. The van der Waals surface area contributed by atoms with E-state index in [2.05, 4.69) is 27.9 Å². The zero-order chi connectivity index (χ0) is 13.8. The average Bonchev–Trinajstić information content (AvgIpc) is 2.38. The molecule has 2 aromatic rings. The lowest BCUT2D eigenvalue weighted by Gasteiger charge is -2.09. The number of primary amides is 1. The van der Waals surface area contributed by atoms with E-state index in [-0.39, 0.29) is 0 Å². The van der Waals surface area contributed by atoms with Crippen LogP contribution in [0.5, 0.6) is 0 Å². The molecule has 0 heterocycles. The lowest BCUT2D eigenvalue weighted by Crippen LogP contribution is -2.10. The molecule has 0 aliphatic rings. The molecule has 3 N–H and O–H groups in total. The second kappa shape index (κ2) is 6.25. The van der Waals surface area contributed by atoms with E-state index in [9.17, 15) is 4.79 Å². The van der Waals surface area contributed by atoms with Gasteiger partial charge in [-0.05, 0) is 58.5 Å². The zero-order valence-corrected chi connectivity index (χ0v) is 12.9. The van der Waals surface area contributed by atoms with Gasteiger partial charge in [0.15, 0.2) is 0 Å². The van der Waals surface area contributed by atoms with E-state index < -0.39 is 5.91 Å². The van der Waals surface area contributed by atoms with Crippen LogP contribution in [0.2, 0.25) is 5.02 Å². The lowest BCUT2D eigenvalue weighted by molar-refractivity contribution is 0.100. The Morgan fingerprint density at radius 3 is 2.47 bits per heavy atom. The largest absolute Gasteiger partial charge is 0.380 e. The van der Waals surface area contributed by atoms with Gasteiger partial charge < -0.3 is 11.1 Å².